The van der Waals surface area contributed by atoms with Crippen molar-refractivity contribution >= 4 is 11.3 Å². The Labute approximate surface area is 112 Å². The molecule has 2 aromatic heterocycles. The molecule has 0 radical (unpaired) electrons. The zero-order valence-electron chi connectivity index (χ0n) is 11.1. The number of rotatable bonds is 4. The molecule has 0 fully saturated rings. The van der Waals surface area contributed by atoms with Gasteiger partial charge in [-0.3, -0.25) is 0 Å². The van der Waals surface area contributed by atoms with Crippen LogP contribution >= 0.6 is 11.3 Å². The van der Waals surface area contributed by atoms with Crippen LogP contribution in [0.25, 0.3) is 0 Å². The summed E-state index contributed by atoms with van der Waals surface area (Å²) in [5.74, 6) is 0.738. The largest absolute Gasteiger partial charge is 0.380 e. The SMILES string of the molecule is CC(C)(C)CCn1ccnc1C(O)c1cccs1. The predicted molar refractivity (Wildman–Crippen MR) is 74.7 cm³/mol. The number of imidazole rings is 1. The highest BCUT2D eigenvalue weighted by atomic mass is 32.1. The van der Waals surface area contributed by atoms with Crippen molar-refractivity contribution in [3.05, 3.63) is 40.6 Å². The highest BCUT2D eigenvalue weighted by Crippen LogP contribution is 2.26. The highest BCUT2D eigenvalue weighted by Gasteiger charge is 2.18. The highest BCUT2D eigenvalue weighted by molar-refractivity contribution is 7.10. The predicted octanol–water partition coefficient (Wildman–Crippen LogP) is 3.46. The van der Waals surface area contributed by atoms with Crippen molar-refractivity contribution in [2.75, 3.05) is 0 Å². The zero-order chi connectivity index (χ0) is 13.2. The summed E-state index contributed by atoms with van der Waals surface area (Å²) in [6, 6.07) is 3.89. The second-order valence-electron chi connectivity index (χ2n) is 5.71. The van der Waals surface area contributed by atoms with Crippen LogP contribution in [0.15, 0.2) is 29.9 Å². The summed E-state index contributed by atoms with van der Waals surface area (Å²) in [4.78, 5) is 5.24. The normalized spacial score (nSPS) is 13.8. The van der Waals surface area contributed by atoms with Gasteiger partial charge >= 0.3 is 0 Å². The van der Waals surface area contributed by atoms with Gasteiger partial charge in [0.2, 0.25) is 0 Å². The molecule has 2 aromatic rings. The third-order valence-corrected chi connectivity index (χ3v) is 3.83. The van der Waals surface area contributed by atoms with Crippen molar-refractivity contribution in [1.29, 1.82) is 0 Å². The number of aliphatic hydroxyl groups excluding tert-OH is 1. The van der Waals surface area contributed by atoms with Gasteiger partial charge in [-0.1, -0.05) is 26.8 Å². The van der Waals surface area contributed by atoms with E-state index in [1.165, 1.54) is 0 Å². The van der Waals surface area contributed by atoms with Crippen molar-refractivity contribution in [3.63, 3.8) is 0 Å². The summed E-state index contributed by atoms with van der Waals surface area (Å²) in [5.41, 5.74) is 0.287. The minimum absolute atomic E-state index is 0.287. The van der Waals surface area contributed by atoms with Crippen LogP contribution in [0.1, 0.15) is 44.0 Å². The maximum atomic E-state index is 10.3. The van der Waals surface area contributed by atoms with Crippen LogP contribution in [0, 0.1) is 5.41 Å². The van der Waals surface area contributed by atoms with Crippen LogP contribution in [0.4, 0.5) is 0 Å². The first kappa shape index (κ1) is 13.3. The number of thiophene rings is 1. The summed E-state index contributed by atoms with van der Waals surface area (Å²) >= 11 is 1.56. The maximum absolute atomic E-state index is 10.3. The molecule has 0 saturated heterocycles. The Hall–Kier alpha value is -1.13. The van der Waals surface area contributed by atoms with Crippen molar-refractivity contribution < 1.29 is 5.11 Å². The first-order valence-corrected chi connectivity index (χ1v) is 7.08. The van der Waals surface area contributed by atoms with Crippen LogP contribution < -0.4 is 0 Å². The molecule has 0 saturated carbocycles. The molecule has 0 spiro atoms. The first-order valence-electron chi connectivity index (χ1n) is 6.20. The third-order valence-electron chi connectivity index (χ3n) is 2.91. The molecule has 1 atom stereocenters. The third kappa shape index (κ3) is 3.21. The van der Waals surface area contributed by atoms with E-state index in [4.69, 9.17) is 0 Å². The molecule has 18 heavy (non-hydrogen) atoms. The van der Waals surface area contributed by atoms with Crippen LogP contribution in [0.5, 0.6) is 0 Å². The molecule has 3 nitrogen and oxygen atoms in total. The van der Waals surface area contributed by atoms with Gasteiger partial charge in [0, 0.05) is 23.8 Å². The lowest BCUT2D eigenvalue weighted by atomic mass is 9.92. The molecular weight excluding hydrogens is 244 g/mol. The number of aromatic nitrogens is 2. The minimum Gasteiger partial charge on any atom is -0.380 e. The van der Waals surface area contributed by atoms with E-state index >= 15 is 0 Å². The van der Waals surface area contributed by atoms with Crippen molar-refractivity contribution in [2.24, 2.45) is 5.41 Å². The smallest absolute Gasteiger partial charge is 0.146 e. The molecular formula is C14H20N2OS. The van der Waals surface area contributed by atoms with Crippen molar-refractivity contribution in [3.8, 4) is 0 Å². The molecule has 1 unspecified atom stereocenters. The lowest BCUT2D eigenvalue weighted by molar-refractivity contribution is 0.205. The van der Waals surface area contributed by atoms with Gasteiger partial charge in [0.25, 0.3) is 0 Å². The van der Waals surface area contributed by atoms with Crippen molar-refractivity contribution in [2.45, 2.75) is 39.8 Å². The van der Waals surface area contributed by atoms with E-state index in [2.05, 4.69) is 30.3 Å². The molecule has 0 aromatic carbocycles. The van der Waals surface area contributed by atoms with E-state index in [0.29, 0.717) is 0 Å². The van der Waals surface area contributed by atoms with Crippen LogP contribution in [0.3, 0.4) is 0 Å². The van der Waals surface area contributed by atoms with Crippen LogP contribution in [-0.2, 0) is 6.54 Å². The quantitative estimate of drug-likeness (QED) is 0.918. The van der Waals surface area contributed by atoms with E-state index < -0.39 is 6.10 Å². The summed E-state index contributed by atoms with van der Waals surface area (Å²) in [6.07, 6.45) is 4.15. The fourth-order valence-corrected chi connectivity index (χ4v) is 2.49. The average Bonchev–Trinajstić information content (AvgIpc) is 2.95. The van der Waals surface area contributed by atoms with Crippen LogP contribution in [-0.4, -0.2) is 14.7 Å². The van der Waals surface area contributed by atoms with Gasteiger partial charge in [-0.05, 0) is 23.3 Å². The first-order chi connectivity index (χ1) is 8.47. The summed E-state index contributed by atoms with van der Waals surface area (Å²) in [5, 5.41) is 12.3. The Morgan fingerprint density at radius 1 is 1.44 bits per heavy atom. The van der Waals surface area contributed by atoms with E-state index in [0.717, 1.165) is 23.7 Å². The van der Waals surface area contributed by atoms with Gasteiger partial charge in [0.05, 0.1) is 0 Å². The van der Waals surface area contributed by atoms with Gasteiger partial charge in [-0.2, -0.15) is 0 Å². The summed E-state index contributed by atoms with van der Waals surface area (Å²) < 4.78 is 2.05. The summed E-state index contributed by atoms with van der Waals surface area (Å²) in [7, 11) is 0. The Bertz CT molecular complexity index is 482. The van der Waals surface area contributed by atoms with Gasteiger partial charge in [-0.15, -0.1) is 11.3 Å². The Balaban J connectivity index is 2.13. The van der Waals surface area contributed by atoms with Gasteiger partial charge in [-0.25, -0.2) is 4.98 Å². The van der Waals surface area contributed by atoms with Crippen LogP contribution in [0.2, 0.25) is 0 Å². The maximum Gasteiger partial charge on any atom is 0.146 e. The Kier molecular flexibility index (Phi) is 3.88. The zero-order valence-corrected chi connectivity index (χ0v) is 11.9. The second kappa shape index (κ2) is 5.24. The fraction of sp³-hybridized carbons (Fsp3) is 0.500. The summed E-state index contributed by atoms with van der Waals surface area (Å²) in [6.45, 7) is 7.55. The lowest BCUT2D eigenvalue weighted by Gasteiger charge is -2.20. The van der Waals surface area contributed by atoms with Gasteiger partial charge < -0.3 is 9.67 Å². The molecule has 0 aliphatic carbocycles. The topological polar surface area (TPSA) is 38.0 Å². The molecule has 0 aliphatic rings. The molecule has 98 valence electrons. The number of aliphatic hydroxyl groups is 1. The number of hydrogen-bond donors (Lipinski definition) is 1. The van der Waals surface area contributed by atoms with Gasteiger partial charge in [0.1, 0.15) is 11.9 Å². The number of hydrogen-bond acceptors (Lipinski definition) is 3. The number of aryl methyl sites for hydroxylation is 1. The molecule has 1 N–H and O–H groups in total. The lowest BCUT2D eigenvalue weighted by Crippen LogP contribution is -2.14. The molecule has 2 heterocycles. The number of nitrogens with zero attached hydrogens (tertiary/aromatic N) is 2. The van der Waals surface area contributed by atoms with E-state index in [9.17, 15) is 5.11 Å². The van der Waals surface area contributed by atoms with E-state index in [1.807, 2.05) is 23.7 Å². The molecule has 2 rings (SSSR count). The Morgan fingerprint density at radius 2 is 2.22 bits per heavy atom. The molecule has 0 aliphatic heterocycles. The molecule has 4 heteroatoms. The van der Waals surface area contributed by atoms with E-state index in [-0.39, 0.29) is 5.41 Å². The molecule has 0 bridgehead atoms. The van der Waals surface area contributed by atoms with Crippen molar-refractivity contribution in [1.82, 2.24) is 9.55 Å². The Morgan fingerprint density at radius 3 is 2.83 bits per heavy atom. The van der Waals surface area contributed by atoms with E-state index in [1.54, 1.807) is 17.5 Å². The fourth-order valence-electron chi connectivity index (χ4n) is 1.79. The minimum atomic E-state index is -0.611. The van der Waals surface area contributed by atoms with Gasteiger partial charge in [0.15, 0.2) is 0 Å². The average molecular weight is 264 g/mol. The second-order valence-corrected chi connectivity index (χ2v) is 6.69. The molecule has 0 amide bonds. The monoisotopic (exact) mass is 264 g/mol. The standard InChI is InChI=1S/C14H20N2OS/c1-14(2,3)6-8-16-9-7-15-13(16)12(17)11-5-4-10-18-11/h4-5,7,9-10,12,17H,6,8H2,1-3H3.